The largest absolute Gasteiger partial charge is 0.394 e. The maximum atomic E-state index is 13.3. The van der Waals surface area contributed by atoms with Crippen LogP contribution in [0.15, 0.2) is 60.8 Å². The standard InChI is InChI=1S/C69H125NO13/c1-3-5-7-9-11-13-15-17-19-21-23-24-25-26-27-28-29-30-31-32-33-34-35-36-38-40-42-44-46-48-50-52-58(73)57(70-61(74)53-51-49-47-45-43-41-39-37-22-20-18-16-14-12-10-8-6-4-2)56-80-68-66(79)64(77)67(60(55-72)82-68)83-69-65(78)63(76)62(75)59(54-71)81-69/h14,16,20,22,35-36,42,44,50,52,57-60,62-69,71-73,75-79H,3-13,15,17-19,21,23-34,37-41,43,45-49,51,53-56H2,1-2H3,(H,70,74)/b16-14-,22-20-,36-35+,44-42+,52-50+. The minimum atomic E-state index is -1.80. The molecule has 0 aromatic carbocycles. The Bertz CT molecular complexity index is 1620. The molecule has 9 N–H and O–H groups in total. The number of rotatable bonds is 55. The van der Waals surface area contributed by atoms with Crippen molar-refractivity contribution in [1.29, 1.82) is 0 Å². The predicted octanol–water partition coefficient (Wildman–Crippen LogP) is 13.3. The molecule has 14 nitrogen and oxygen atoms in total. The molecule has 14 heteroatoms. The second-order valence-electron chi connectivity index (χ2n) is 23.9. The van der Waals surface area contributed by atoms with Crippen molar-refractivity contribution in [3.63, 3.8) is 0 Å². The minimum absolute atomic E-state index is 0.259. The van der Waals surface area contributed by atoms with Gasteiger partial charge in [-0.25, -0.2) is 0 Å². The number of allylic oxidation sites excluding steroid dienone is 9. The van der Waals surface area contributed by atoms with E-state index in [2.05, 4.69) is 67.8 Å². The van der Waals surface area contributed by atoms with Crippen molar-refractivity contribution in [3.05, 3.63) is 60.8 Å². The molecular weight excluding hydrogens is 1050 g/mol. The van der Waals surface area contributed by atoms with Gasteiger partial charge < -0.3 is 65.1 Å². The van der Waals surface area contributed by atoms with Crippen LogP contribution >= 0.6 is 0 Å². The number of amides is 1. The average molecular weight is 1180 g/mol. The van der Waals surface area contributed by atoms with Gasteiger partial charge >= 0.3 is 0 Å². The fourth-order valence-corrected chi connectivity index (χ4v) is 10.9. The highest BCUT2D eigenvalue weighted by atomic mass is 16.7. The Hall–Kier alpha value is -2.31. The van der Waals surface area contributed by atoms with Crippen molar-refractivity contribution in [2.24, 2.45) is 0 Å². The fourth-order valence-electron chi connectivity index (χ4n) is 10.9. The second-order valence-corrected chi connectivity index (χ2v) is 23.9. The summed E-state index contributed by atoms with van der Waals surface area (Å²) in [5.41, 5.74) is 0. The third-order valence-corrected chi connectivity index (χ3v) is 16.4. The summed E-state index contributed by atoms with van der Waals surface area (Å²) in [5.74, 6) is -0.261. The molecule has 2 aliphatic rings. The highest BCUT2D eigenvalue weighted by Crippen LogP contribution is 2.30. The van der Waals surface area contributed by atoms with Gasteiger partial charge in [0.1, 0.15) is 48.8 Å². The Labute approximate surface area is 505 Å². The van der Waals surface area contributed by atoms with Crippen LogP contribution in [0.4, 0.5) is 0 Å². The number of nitrogens with one attached hydrogen (secondary N) is 1. The lowest BCUT2D eigenvalue weighted by Gasteiger charge is -2.46. The van der Waals surface area contributed by atoms with Gasteiger partial charge in [-0.15, -0.1) is 0 Å². The zero-order valence-electron chi connectivity index (χ0n) is 52.4. The summed E-state index contributed by atoms with van der Waals surface area (Å²) in [6, 6.07) is -0.946. The number of carbonyl (C=O) groups is 1. The number of hydrogen-bond donors (Lipinski definition) is 9. The first-order valence-electron chi connectivity index (χ1n) is 34.0. The number of unbranched alkanes of at least 4 members (excludes halogenated alkanes) is 34. The molecule has 2 aliphatic heterocycles. The number of aliphatic hydroxyl groups is 8. The molecule has 2 fully saturated rings. The van der Waals surface area contributed by atoms with Crippen LogP contribution in [0.3, 0.4) is 0 Å². The van der Waals surface area contributed by atoms with Crippen LogP contribution in [0.25, 0.3) is 0 Å². The van der Waals surface area contributed by atoms with Gasteiger partial charge in [0.05, 0.1) is 32.0 Å². The molecule has 2 saturated heterocycles. The summed E-state index contributed by atoms with van der Waals surface area (Å²) < 4.78 is 22.8. The minimum Gasteiger partial charge on any atom is -0.394 e. The molecule has 0 spiro atoms. The Morgan fingerprint density at radius 2 is 0.807 bits per heavy atom. The zero-order valence-corrected chi connectivity index (χ0v) is 52.4. The Balaban J connectivity index is 1.71. The molecule has 0 aromatic heterocycles. The molecule has 12 atom stereocenters. The lowest BCUT2D eigenvalue weighted by molar-refractivity contribution is -0.359. The van der Waals surface area contributed by atoms with E-state index in [1.165, 1.54) is 180 Å². The maximum Gasteiger partial charge on any atom is 0.220 e. The highest BCUT2D eigenvalue weighted by molar-refractivity contribution is 5.76. The van der Waals surface area contributed by atoms with Crippen LogP contribution in [-0.4, -0.2) is 140 Å². The van der Waals surface area contributed by atoms with Gasteiger partial charge in [-0.3, -0.25) is 4.79 Å². The fraction of sp³-hybridized carbons (Fsp3) is 0.841. The summed E-state index contributed by atoms with van der Waals surface area (Å²) in [7, 11) is 0. The van der Waals surface area contributed by atoms with Crippen molar-refractivity contribution in [3.8, 4) is 0 Å². The maximum absolute atomic E-state index is 13.3. The van der Waals surface area contributed by atoms with E-state index in [-0.39, 0.29) is 18.9 Å². The number of hydrogen-bond acceptors (Lipinski definition) is 13. The zero-order chi connectivity index (χ0) is 60.2. The van der Waals surface area contributed by atoms with Gasteiger partial charge in [-0.05, 0) is 77.0 Å². The first-order chi connectivity index (χ1) is 40.6. The van der Waals surface area contributed by atoms with Crippen LogP contribution in [-0.2, 0) is 23.7 Å². The molecule has 0 aliphatic carbocycles. The number of ether oxygens (including phenoxy) is 4. The van der Waals surface area contributed by atoms with Gasteiger partial charge in [0, 0.05) is 6.42 Å². The molecule has 12 unspecified atom stereocenters. The van der Waals surface area contributed by atoms with E-state index in [1.807, 2.05) is 6.08 Å². The topological polar surface area (TPSA) is 228 Å². The average Bonchev–Trinajstić information content (AvgIpc) is 3.65. The Kier molecular flexibility index (Phi) is 49.9. The van der Waals surface area contributed by atoms with Gasteiger partial charge in [-0.1, -0.05) is 254 Å². The third kappa shape index (κ3) is 38.6. The molecule has 0 radical (unpaired) electrons. The van der Waals surface area contributed by atoms with Crippen LogP contribution in [0.1, 0.15) is 277 Å². The first kappa shape index (κ1) is 76.8. The monoisotopic (exact) mass is 1180 g/mol. The van der Waals surface area contributed by atoms with Crippen LogP contribution in [0.2, 0.25) is 0 Å². The molecule has 0 bridgehead atoms. The molecule has 2 heterocycles. The summed E-state index contributed by atoms with van der Waals surface area (Å²) in [5, 5.41) is 87.3. The molecule has 1 amide bonds. The molecule has 0 aromatic rings. The van der Waals surface area contributed by atoms with Gasteiger partial charge in [-0.2, -0.15) is 0 Å². The highest BCUT2D eigenvalue weighted by Gasteiger charge is 2.51. The molecule has 0 saturated carbocycles. The molecular formula is C69H125NO13. The molecule has 484 valence electrons. The van der Waals surface area contributed by atoms with Crippen molar-refractivity contribution in [1.82, 2.24) is 5.32 Å². The van der Waals surface area contributed by atoms with Crippen molar-refractivity contribution in [2.75, 3.05) is 19.8 Å². The SMILES string of the molecule is CCCCCC/C=C\C/C=C\CCCCCCCCCC(=O)NC(COC1OC(CO)C(OC2OC(CO)C(O)C(O)C2O)C(O)C1O)C(O)/C=C/CC/C=C/CC/C=C/CCCCCCCCCCCCCCCCCCCCCCC. The van der Waals surface area contributed by atoms with Gasteiger partial charge in [0.15, 0.2) is 12.6 Å². The lowest BCUT2D eigenvalue weighted by atomic mass is 9.97. The third-order valence-electron chi connectivity index (χ3n) is 16.4. The number of aliphatic hydroxyl groups excluding tert-OH is 8. The van der Waals surface area contributed by atoms with Gasteiger partial charge in [0.25, 0.3) is 0 Å². The Morgan fingerprint density at radius 1 is 0.434 bits per heavy atom. The Morgan fingerprint density at radius 3 is 1.27 bits per heavy atom. The van der Waals surface area contributed by atoms with Crippen molar-refractivity contribution < 1.29 is 64.6 Å². The normalized spacial score (nSPS) is 24.2. The second kappa shape index (κ2) is 53.9. The van der Waals surface area contributed by atoms with E-state index in [1.54, 1.807) is 6.08 Å². The van der Waals surface area contributed by atoms with Gasteiger partial charge in [0.2, 0.25) is 5.91 Å². The van der Waals surface area contributed by atoms with E-state index >= 15 is 0 Å². The van der Waals surface area contributed by atoms with E-state index in [9.17, 15) is 45.6 Å². The summed E-state index contributed by atoms with van der Waals surface area (Å²) >= 11 is 0. The number of carbonyl (C=O) groups excluding carboxylic acids is 1. The van der Waals surface area contributed by atoms with Crippen LogP contribution < -0.4 is 5.32 Å². The molecule has 83 heavy (non-hydrogen) atoms. The smallest absolute Gasteiger partial charge is 0.220 e. The van der Waals surface area contributed by atoms with E-state index in [0.717, 1.165) is 64.2 Å². The van der Waals surface area contributed by atoms with E-state index in [0.29, 0.717) is 12.8 Å². The lowest BCUT2D eigenvalue weighted by Crippen LogP contribution is -2.65. The van der Waals surface area contributed by atoms with E-state index in [4.69, 9.17) is 18.9 Å². The van der Waals surface area contributed by atoms with Crippen LogP contribution in [0.5, 0.6) is 0 Å². The quantitative estimate of drug-likeness (QED) is 0.0204. The van der Waals surface area contributed by atoms with Crippen LogP contribution in [0, 0.1) is 0 Å². The summed E-state index contributed by atoms with van der Waals surface area (Å²) in [6.45, 7) is 2.77. The summed E-state index contributed by atoms with van der Waals surface area (Å²) in [4.78, 5) is 13.3. The van der Waals surface area contributed by atoms with E-state index < -0.39 is 86.8 Å². The van der Waals surface area contributed by atoms with Crippen molar-refractivity contribution in [2.45, 2.75) is 351 Å². The molecule has 2 rings (SSSR count). The van der Waals surface area contributed by atoms with Crippen molar-refractivity contribution >= 4 is 5.91 Å². The first-order valence-corrected chi connectivity index (χ1v) is 34.0. The summed E-state index contributed by atoms with van der Waals surface area (Å²) in [6.07, 6.45) is 54.3. The predicted molar refractivity (Wildman–Crippen MR) is 337 cm³/mol.